The van der Waals surface area contributed by atoms with Crippen LogP contribution in [0.1, 0.15) is 58.2 Å². The summed E-state index contributed by atoms with van der Waals surface area (Å²) in [6.07, 6.45) is 4.13. The van der Waals surface area contributed by atoms with Crippen molar-refractivity contribution in [1.29, 1.82) is 0 Å². The molecule has 2 rings (SSSR count). The molecule has 1 heterocycles. The maximum atomic E-state index is 13.4. The Bertz CT molecular complexity index is 1940. The lowest BCUT2D eigenvalue weighted by Crippen LogP contribution is -2.60. The Kier molecular flexibility index (Phi) is 23.8. The number of aliphatic hydroxyl groups is 2. The van der Waals surface area contributed by atoms with E-state index in [2.05, 4.69) is 65.1 Å². The smallest absolute Gasteiger partial charge is 0.326 e. The van der Waals surface area contributed by atoms with E-state index in [-0.39, 0.29) is 18.6 Å². The van der Waals surface area contributed by atoms with Crippen molar-refractivity contribution < 1.29 is 58.5 Å². The van der Waals surface area contributed by atoms with Crippen molar-refractivity contribution in [3.8, 4) is 0 Å². The first-order chi connectivity index (χ1) is 31.1. The van der Waals surface area contributed by atoms with E-state index in [1.165, 1.54) is 19.4 Å². The Labute approximate surface area is 387 Å². The molecule has 0 radical (unpaired) electrons. The molecule has 2 aromatic rings. The van der Waals surface area contributed by atoms with Crippen molar-refractivity contribution in [3.63, 3.8) is 0 Å². The van der Waals surface area contributed by atoms with Crippen molar-refractivity contribution in [3.05, 3.63) is 54.1 Å². The van der Waals surface area contributed by atoms with Gasteiger partial charge in [0.1, 0.15) is 42.3 Å². The molecule has 0 saturated carbocycles. The van der Waals surface area contributed by atoms with Crippen LogP contribution in [0.15, 0.2) is 42.9 Å². The summed E-state index contributed by atoms with van der Waals surface area (Å²) in [5.41, 5.74) is 11.7. The van der Waals surface area contributed by atoms with Crippen LogP contribution in [0.5, 0.6) is 0 Å². The number of carboxylic acids is 1. The summed E-state index contributed by atoms with van der Waals surface area (Å²) in [4.78, 5) is 123. The number of hydrogen-bond acceptors (Lipinski definition) is 15. The van der Waals surface area contributed by atoms with Crippen molar-refractivity contribution in [2.24, 2.45) is 16.9 Å². The molecular formula is C41H64N12O12S. The van der Waals surface area contributed by atoms with Gasteiger partial charge in [0.25, 0.3) is 0 Å². The molecule has 8 atom stereocenters. The van der Waals surface area contributed by atoms with Gasteiger partial charge in [0.15, 0.2) is 0 Å². The summed E-state index contributed by atoms with van der Waals surface area (Å²) in [6, 6.07) is -2.18. The molecule has 366 valence electrons. The molecule has 0 aliphatic heterocycles. The van der Waals surface area contributed by atoms with Gasteiger partial charge >= 0.3 is 5.97 Å². The molecule has 0 saturated heterocycles. The van der Waals surface area contributed by atoms with Crippen LogP contribution in [0, 0.1) is 5.41 Å². The van der Waals surface area contributed by atoms with Gasteiger partial charge in [-0.25, -0.2) is 9.78 Å². The third-order valence-electron chi connectivity index (χ3n) is 9.87. The molecule has 1 aromatic heterocycles. The molecule has 25 heteroatoms. The summed E-state index contributed by atoms with van der Waals surface area (Å²) in [7, 11) is 0. The van der Waals surface area contributed by atoms with E-state index in [0.29, 0.717) is 37.1 Å². The third-order valence-corrected chi connectivity index (χ3v) is 10.2. The largest absolute Gasteiger partial charge is 0.480 e. The first-order valence-electron chi connectivity index (χ1n) is 21.1. The van der Waals surface area contributed by atoms with Crippen molar-refractivity contribution in [2.45, 2.75) is 108 Å². The van der Waals surface area contributed by atoms with E-state index < -0.39 is 127 Å². The van der Waals surface area contributed by atoms with Gasteiger partial charge in [0, 0.05) is 30.5 Å². The normalized spacial score (nSPS) is 14.9. The number of hydrogen-bond donors (Lipinski definition) is 15. The molecule has 0 spiro atoms. The number of carboxylic acid groups (broad SMARTS) is 1. The molecule has 0 unspecified atom stereocenters. The topological polar surface area (TPSA) is 391 Å². The number of H-pyrrole nitrogens is 1. The zero-order valence-electron chi connectivity index (χ0n) is 37.3. The highest BCUT2D eigenvalue weighted by molar-refractivity contribution is 7.80. The molecular weight excluding hydrogens is 885 g/mol. The highest BCUT2D eigenvalue weighted by Gasteiger charge is 2.36. The van der Waals surface area contributed by atoms with Gasteiger partial charge in [-0.05, 0) is 37.3 Å². The summed E-state index contributed by atoms with van der Waals surface area (Å²) in [5.74, 6) is -8.67. The summed E-state index contributed by atoms with van der Waals surface area (Å²) in [6.45, 7) is 3.87. The van der Waals surface area contributed by atoms with E-state index in [1.807, 2.05) is 0 Å². The van der Waals surface area contributed by atoms with Gasteiger partial charge in [0.05, 0.1) is 32.1 Å². The second-order valence-electron chi connectivity index (χ2n) is 16.4. The Morgan fingerprint density at radius 1 is 0.712 bits per heavy atom. The van der Waals surface area contributed by atoms with Crippen LogP contribution in [-0.4, -0.2) is 159 Å². The maximum absolute atomic E-state index is 13.4. The number of carbonyl (C=O) groups excluding carboxylic acids is 8. The minimum atomic E-state index is -1.69. The van der Waals surface area contributed by atoms with Crippen molar-refractivity contribution in [1.82, 2.24) is 52.5 Å². The summed E-state index contributed by atoms with van der Waals surface area (Å²) < 4.78 is 0. The number of nitrogens with zero attached hydrogens (tertiary/aromatic N) is 1. The van der Waals surface area contributed by atoms with Crippen LogP contribution in [0.3, 0.4) is 0 Å². The van der Waals surface area contributed by atoms with E-state index in [0.717, 1.165) is 0 Å². The van der Waals surface area contributed by atoms with Crippen molar-refractivity contribution in [2.75, 3.05) is 32.1 Å². The number of thiol groups is 1. The Hall–Kier alpha value is -6.15. The Morgan fingerprint density at radius 3 is 1.80 bits per heavy atom. The molecule has 24 nitrogen and oxygen atoms in total. The van der Waals surface area contributed by atoms with E-state index >= 15 is 0 Å². The van der Waals surface area contributed by atoms with Gasteiger partial charge in [-0.3, -0.25) is 38.4 Å². The molecule has 0 aliphatic carbocycles. The lowest BCUT2D eigenvalue weighted by molar-refractivity contribution is -0.145. The second-order valence-corrected chi connectivity index (χ2v) is 16.7. The number of unbranched alkanes of at least 4 members (excludes halogenated alkanes) is 1. The minimum absolute atomic E-state index is 0.0165. The fraction of sp³-hybridized carbons (Fsp3) is 0.561. The molecule has 0 bridgehead atoms. The van der Waals surface area contributed by atoms with Gasteiger partial charge in [0.2, 0.25) is 47.3 Å². The number of benzene rings is 1. The van der Waals surface area contributed by atoms with E-state index in [9.17, 15) is 58.5 Å². The molecule has 66 heavy (non-hydrogen) atoms. The van der Waals surface area contributed by atoms with Crippen LogP contribution < -0.4 is 54.0 Å². The summed E-state index contributed by atoms with van der Waals surface area (Å²) in [5, 5.41) is 48.6. The SMILES string of the molecule is C[C@H](NC(=O)[C@H](CS)NC(=O)CNC(=O)[C@H](CO)NC(=O)[C@H](CO)NC(=O)[C@H](Cc1cnc[nH]1)NC(=O)[C@@H](N)CCCCN)C(=O)N[C@@H](Cc1ccccc1)C(=O)N[C@H](C(=O)O)C(C)(C)C. The second kappa shape index (κ2) is 28.0. The molecule has 16 N–H and O–H groups in total. The maximum Gasteiger partial charge on any atom is 0.326 e. The zero-order valence-corrected chi connectivity index (χ0v) is 38.2. The van der Waals surface area contributed by atoms with Gasteiger partial charge < -0.3 is 74.3 Å². The standard InChI is InChI=1S/C41H64N12O12S/c1-22(33(57)49-26(14-23-10-6-5-7-11-23)37(61)53-32(40(64)65)41(2,3)4)47-39(63)30(20-66)48-31(56)17-45-35(59)28(18-54)51-38(62)29(19-55)52-36(60)27(15-24-16-44-21-46-24)50-34(58)25(43)12-8-9-13-42/h5-7,10-11,16,21-22,25-30,32,54-55,66H,8-9,12-15,17-20,42-43H2,1-4H3,(H,44,46)(H,45,59)(H,47,63)(H,48,56)(H,49,57)(H,50,58)(H,51,62)(H,52,60)(H,53,61)(H,64,65)/t22-,25-,26-,27-,28-,29-,30-,32+/m0/s1. The van der Waals surface area contributed by atoms with E-state index in [4.69, 9.17) is 11.5 Å². The quantitative estimate of drug-likeness (QED) is 0.0281. The van der Waals surface area contributed by atoms with Crippen LogP contribution in [0.4, 0.5) is 0 Å². The number of amides is 8. The van der Waals surface area contributed by atoms with Gasteiger partial charge in [-0.2, -0.15) is 12.6 Å². The first-order valence-corrected chi connectivity index (χ1v) is 21.7. The van der Waals surface area contributed by atoms with Crippen LogP contribution >= 0.6 is 12.6 Å². The average Bonchev–Trinajstić information content (AvgIpc) is 3.79. The first kappa shape index (κ1) is 56.0. The van der Waals surface area contributed by atoms with Gasteiger partial charge in [-0.15, -0.1) is 0 Å². The number of imidazole rings is 1. The van der Waals surface area contributed by atoms with Crippen molar-refractivity contribution >= 4 is 65.9 Å². The van der Waals surface area contributed by atoms with Crippen LogP contribution in [-0.2, 0) is 56.0 Å². The monoisotopic (exact) mass is 948 g/mol. The highest BCUT2D eigenvalue weighted by Crippen LogP contribution is 2.20. The lowest BCUT2D eigenvalue weighted by atomic mass is 9.86. The zero-order chi connectivity index (χ0) is 49.6. The molecule has 1 aromatic carbocycles. The van der Waals surface area contributed by atoms with Crippen LogP contribution in [0.25, 0.3) is 0 Å². The third kappa shape index (κ3) is 19.1. The fourth-order valence-corrected chi connectivity index (χ4v) is 6.29. The Balaban J connectivity index is 2.01. The number of rotatable bonds is 28. The number of aromatic nitrogens is 2. The summed E-state index contributed by atoms with van der Waals surface area (Å²) >= 11 is 4.10. The van der Waals surface area contributed by atoms with Gasteiger partial charge in [-0.1, -0.05) is 57.5 Å². The van der Waals surface area contributed by atoms with Crippen LogP contribution in [0.2, 0.25) is 0 Å². The number of aromatic amines is 1. The average molecular weight is 949 g/mol. The highest BCUT2D eigenvalue weighted by atomic mass is 32.1. The van der Waals surface area contributed by atoms with E-state index in [1.54, 1.807) is 51.1 Å². The number of nitrogens with one attached hydrogen (secondary N) is 9. The molecule has 8 amide bonds. The minimum Gasteiger partial charge on any atom is -0.480 e. The Morgan fingerprint density at radius 2 is 1.26 bits per heavy atom. The number of aliphatic hydroxyl groups excluding tert-OH is 2. The predicted octanol–water partition coefficient (Wildman–Crippen LogP) is -4.77. The number of aliphatic carboxylic acids is 1. The fourth-order valence-electron chi connectivity index (χ4n) is 6.03. The predicted molar refractivity (Wildman–Crippen MR) is 241 cm³/mol. The molecule has 0 aliphatic rings. The number of nitrogens with two attached hydrogens (primary N) is 2. The number of carbonyl (C=O) groups is 9. The molecule has 0 fully saturated rings. The lowest BCUT2D eigenvalue weighted by Gasteiger charge is -2.30.